The van der Waals surface area contributed by atoms with Crippen LogP contribution in [0.4, 0.5) is 13.2 Å². The van der Waals surface area contributed by atoms with Crippen LogP contribution in [0.5, 0.6) is 0 Å². The Morgan fingerprint density at radius 2 is 1.78 bits per heavy atom. The van der Waals surface area contributed by atoms with E-state index >= 15 is 0 Å². The van der Waals surface area contributed by atoms with Gasteiger partial charge in [0.1, 0.15) is 17.5 Å². The Kier molecular flexibility index (Phi) is 4.04. The lowest BCUT2D eigenvalue weighted by atomic mass is 10.1. The summed E-state index contributed by atoms with van der Waals surface area (Å²) in [5.41, 5.74) is 0.601. The standard InChI is InChI=1S/C12H7BrClF3S/c1-5-4-18-12(11(5)14)10(13)9-7(16)2-6(15)3-8(9)17/h2-4,10H,1H3. The van der Waals surface area contributed by atoms with E-state index in [4.69, 9.17) is 11.6 Å². The maximum Gasteiger partial charge on any atom is 0.133 e. The molecule has 0 bridgehead atoms. The largest absolute Gasteiger partial charge is 0.207 e. The Bertz CT molecular complexity index is 574. The molecule has 0 saturated carbocycles. The molecule has 0 spiro atoms. The van der Waals surface area contributed by atoms with E-state index < -0.39 is 22.3 Å². The molecule has 96 valence electrons. The summed E-state index contributed by atoms with van der Waals surface area (Å²) in [5, 5.41) is 2.26. The molecule has 0 amide bonds. The van der Waals surface area contributed by atoms with Gasteiger partial charge in [-0.3, -0.25) is 0 Å². The van der Waals surface area contributed by atoms with Gasteiger partial charge in [-0.25, -0.2) is 13.2 Å². The van der Waals surface area contributed by atoms with E-state index in [-0.39, 0.29) is 5.56 Å². The molecule has 1 atom stereocenters. The van der Waals surface area contributed by atoms with Crippen molar-refractivity contribution in [2.75, 3.05) is 0 Å². The van der Waals surface area contributed by atoms with E-state index in [0.717, 1.165) is 5.56 Å². The molecule has 0 aliphatic heterocycles. The van der Waals surface area contributed by atoms with Crippen molar-refractivity contribution in [3.8, 4) is 0 Å². The van der Waals surface area contributed by atoms with Gasteiger partial charge in [-0.05, 0) is 17.9 Å². The predicted octanol–water partition coefficient (Wildman–Crippen LogP) is 5.61. The van der Waals surface area contributed by atoms with Crippen molar-refractivity contribution in [2.45, 2.75) is 11.8 Å². The summed E-state index contributed by atoms with van der Waals surface area (Å²) in [6.07, 6.45) is 0. The molecule has 0 aliphatic carbocycles. The van der Waals surface area contributed by atoms with Gasteiger partial charge in [0.05, 0.1) is 9.85 Å². The second-order valence-corrected chi connectivity index (χ2v) is 5.95. The minimum Gasteiger partial charge on any atom is -0.207 e. The summed E-state index contributed by atoms with van der Waals surface area (Å²) < 4.78 is 40.1. The molecule has 0 nitrogen and oxygen atoms in total. The van der Waals surface area contributed by atoms with E-state index in [1.54, 1.807) is 12.3 Å². The van der Waals surface area contributed by atoms with Crippen LogP contribution < -0.4 is 0 Å². The highest BCUT2D eigenvalue weighted by Crippen LogP contribution is 2.42. The minimum absolute atomic E-state index is 0.236. The highest BCUT2D eigenvalue weighted by atomic mass is 79.9. The van der Waals surface area contributed by atoms with Gasteiger partial charge < -0.3 is 0 Å². The van der Waals surface area contributed by atoms with Crippen molar-refractivity contribution in [3.05, 3.63) is 56.0 Å². The molecule has 2 aromatic rings. The van der Waals surface area contributed by atoms with Crippen LogP contribution in [0.25, 0.3) is 0 Å². The van der Waals surface area contributed by atoms with Crippen LogP contribution in [0.2, 0.25) is 5.02 Å². The van der Waals surface area contributed by atoms with Gasteiger partial charge in [0.25, 0.3) is 0 Å². The van der Waals surface area contributed by atoms with Crippen LogP contribution >= 0.6 is 38.9 Å². The van der Waals surface area contributed by atoms with Crippen molar-refractivity contribution < 1.29 is 13.2 Å². The van der Waals surface area contributed by atoms with Crippen LogP contribution in [0, 0.1) is 24.4 Å². The van der Waals surface area contributed by atoms with Crippen molar-refractivity contribution in [1.29, 1.82) is 0 Å². The smallest absolute Gasteiger partial charge is 0.133 e. The van der Waals surface area contributed by atoms with Gasteiger partial charge in [0.15, 0.2) is 0 Å². The van der Waals surface area contributed by atoms with Gasteiger partial charge in [0.2, 0.25) is 0 Å². The number of alkyl halides is 1. The zero-order valence-corrected chi connectivity index (χ0v) is 12.3. The summed E-state index contributed by atoms with van der Waals surface area (Å²) in [7, 11) is 0. The Labute approximate surface area is 120 Å². The molecule has 1 unspecified atom stereocenters. The number of benzene rings is 1. The van der Waals surface area contributed by atoms with Crippen LogP contribution in [-0.2, 0) is 0 Å². The first-order valence-electron chi connectivity index (χ1n) is 4.93. The average molecular weight is 356 g/mol. The first kappa shape index (κ1) is 13.9. The van der Waals surface area contributed by atoms with Gasteiger partial charge in [-0.2, -0.15) is 0 Å². The lowest BCUT2D eigenvalue weighted by Crippen LogP contribution is -2.01. The van der Waals surface area contributed by atoms with Gasteiger partial charge in [0, 0.05) is 22.6 Å². The number of thiophene rings is 1. The maximum absolute atomic E-state index is 13.6. The highest BCUT2D eigenvalue weighted by Gasteiger charge is 2.24. The highest BCUT2D eigenvalue weighted by molar-refractivity contribution is 9.09. The SMILES string of the molecule is Cc1csc(C(Br)c2c(F)cc(F)cc2F)c1Cl. The molecule has 2 rings (SSSR count). The summed E-state index contributed by atoms with van der Waals surface area (Å²) in [6, 6.07) is 1.31. The van der Waals surface area contributed by atoms with Crippen molar-refractivity contribution in [3.63, 3.8) is 0 Å². The second kappa shape index (κ2) is 5.23. The fourth-order valence-electron chi connectivity index (χ4n) is 1.55. The number of halogens is 5. The lowest BCUT2D eigenvalue weighted by molar-refractivity contribution is 0.528. The predicted molar refractivity (Wildman–Crippen MR) is 71.2 cm³/mol. The monoisotopic (exact) mass is 354 g/mol. The van der Waals surface area contributed by atoms with Crippen molar-refractivity contribution in [1.82, 2.24) is 0 Å². The number of hydrogen-bond donors (Lipinski definition) is 0. The van der Waals surface area contributed by atoms with Gasteiger partial charge in [-0.1, -0.05) is 27.5 Å². The van der Waals surface area contributed by atoms with E-state index in [2.05, 4.69) is 15.9 Å². The lowest BCUT2D eigenvalue weighted by Gasteiger charge is -2.11. The number of rotatable bonds is 2. The molecule has 0 fully saturated rings. The molecule has 6 heteroatoms. The summed E-state index contributed by atoms with van der Waals surface area (Å²) >= 11 is 10.6. The van der Waals surface area contributed by atoms with Crippen LogP contribution in [0.3, 0.4) is 0 Å². The fraction of sp³-hybridized carbons (Fsp3) is 0.167. The quantitative estimate of drug-likeness (QED) is 0.614. The molecular weight excluding hydrogens is 349 g/mol. The van der Waals surface area contributed by atoms with E-state index in [0.29, 0.717) is 22.0 Å². The average Bonchev–Trinajstić information content (AvgIpc) is 2.58. The minimum atomic E-state index is -0.943. The van der Waals surface area contributed by atoms with Crippen molar-refractivity contribution >= 4 is 38.9 Å². The summed E-state index contributed by atoms with van der Waals surface area (Å²) in [4.78, 5) is -0.136. The first-order valence-corrected chi connectivity index (χ1v) is 7.11. The molecule has 0 saturated heterocycles. The van der Waals surface area contributed by atoms with E-state index in [1.165, 1.54) is 11.3 Å². The fourth-order valence-corrected chi connectivity index (χ4v) is 3.95. The summed E-state index contributed by atoms with van der Waals surface area (Å²) in [5.74, 6) is -2.81. The molecule has 0 N–H and O–H groups in total. The summed E-state index contributed by atoms with van der Waals surface area (Å²) in [6.45, 7) is 1.80. The molecule has 18 heavy (non-hydrogen) atoms. The third-order valence-electron chi connectivity index (χ3n) is 2.45. The van der Waals surface area contributed by atoms with Crippen LogP contribution in [-0.4, -0.2) is 0 Å². The van der Waals surface area contributed by atoms with Crippen LogP contribution in [0.1, 0.15) is 20.8 Å². The van der Waals surface area contributed by atoms with Crippen molar-refractivity contribution in [2.24, 2.45) is 0 Å². The van der Waals surface area contributed by atoms with E-state index in [1.807, 2.05) is 0 Å². The third kappa shape index (κ3) is 2.44. The molecule has 1 heterocycles. The van der Waals surface area contributed by atoms with Crippen LogP contribution in [0.15, 0.2) is 17.5 Å². The Hall–Kier alpha value is -0.520. The Morgan fingerprint density at radius 3 is 2.22 bits per heavy atom. The zero-order valence-electron chi connectivity index (χ0n) is 9.11. The Balaban J connectivity index is 2.53. The van der Waals surface area contributed by atoms with Gasteiger partial charge in [-0.15, -0.1) is 11.3 Å². The molecule has 1 aromatic heterocycles. The molecule has 0 aliphatic rings. The van der Waals surface area contributed by atoms with E-state index in [9.17, 15) is 13.2 Å². The third-order valence-corrected chi connectivity index (χ3v) is 5.45. The number of hydrogen-bond acceptors (Lipinski definition) is 1. The molecule has 1 aromatic carbocycles. The maximum atomic E-state index is 13.6. The molecular formula is C12H7BrClF3S. The molecule has 0 radical (unpaired) electrons. The Morgan fingerprint density at radius 1 is 1.22 bits per heavy atom. The first-order chi connectivity index (χ1) is 8.41. The number of aryl methyl sites for hydroxylation is 1. The normalized spacial score (nSPS) is 12.8. The second-order valence-electron chi connectivity index (χ2n) is 3.74. The zero-order chi connectivity index (χ0) is 13.4. The van der Waals surface area contributed by atoms with Gasteiger partial charge >= 0.3 is 0 Å². The topological polar surface area (TPSA) is 0 Å².